The Morgan fingerprint density at radius 3 is 2.95 bits per heavy atom. The topological polar surface area (TPSA) is 51.2 Å². The number of thiazole rings is 1. The molecule has 3 rings (SSSR count). The van der Waals surface area contributed by atoms with Crippen LogP contribution in [0.3, 0.4) is 0 Å². The number of nitrogens with one attached hydrogen (secondary N) is 1. The molecular formula is C14H14N2O2S. The Labute approximate surface area is 115 Å². The highest BCUT2D eigenvalue weighted by Crippen LogP contribution is 2.35. The van der Waals surface area contributed by atoms with Crippen LogP contribution >= 0.6 is 11.3 Å². The summed E-state index contributed by atoms with van der Waals surface area (Å²) in [5.41, 5.74) is 4.39. The third-order valence-corrected chi connectivity index (χ3v) is 3.67. The third-order valence-electron chi connectivity index (χ3n) is 3.08. The summed E-state index contributed by atoms with van der Waals surface area (Å²) < 4.78 is 5.75. The van der Waals surface area contributed by atoms with Gasteiger partial charge in [0.25, 0.3) is 5.91 Å². The second kappa shape index (κ2) is 4.66. The van der Waals surface area contributed by atoms with Crippen molar-refractivity contribution in [2.45, 2.75) is 20.0 Å². The molecule has 1 aromatic heterocycles. The predicted molar refractivity (Wildman–Crippen MR) is 75.4 cm³/mol. The lowest BCUT2D eigenvalue weighted by molar-refractivity contribution is -0.125. The van der Waals surface area contributed by atoms with Crippen LogP contribution in [0.25, 0.3) is 11.3 Å². The number of aromatic nitrogens is 1. The van der Waals surface area contributed by atoms with E-state index in [1.54, 1.807) is 16.8 Å². The molecule has 2 heterocycles. The second-order valence-corrected chi connectivity index (χ2v) is 5.58. The highest BCUT2D eigenvalue weighted by molar-refractivity contribution is 7.07. The molecule has 1 atom stereocenters. The highest BCUT2D eigenvalue weighted by Gasteiger charge is 2.30. The smallest absolute Gasteiger partial charge is 0.265 e. The summed E-state index contributed by atoms with van der Waals surface area (Å²) in [5.74, 6) is 0.779. The molecule has 0 aliphatic carbocycles. The number of rotatable bonds is 2. The number of hydrogen-bond donors (Lipinski definition) is 1. The number of carbonyl (C=O) groups is 1. The Hall–Kier alpha value is -1.88. The number of amides is 1. The SMILES string of the molecule is CC(C)C1Oc2ccc(-c3cscn3)cc2NC1=O. The van der Waals surface area contributed by atoms with E-state index in [9.17, 15) is 4.79 Å². The van der Waals surface area contributed by atoms with Gasteiger partial charge in [-0.15, -0.1) is 11.3 Å². The lowest BCUT2D eigenvalue weighted by Crippen LogP contribution is -2.40. The number of benzene rings is 1. The van der Waals surface area contributed by atoms with Gasteiger partial charge in [0.1, 0.15) is 5.75 Å². The van der Waals surface area contributed by atoms with Crippen molar-refractivity contribution in [1.82, 2.24) is 4.98 Å². The van der Waals surface area contributed by atoms with Gasteiger partial charge in [0.05, 0.1) is 16.9 Å². The molecule has 1 aliphatic heterocycles. The molecule has 0 radical (unpaired) electrons. The van der Waals surface area contributed by atoms with Crippen LogP contribution in [-0.4, -0.2) is 17.0 Å². The number of nitrogens with zero attached hydrogens (tertiary/aromatic N) is 1. The summed E-state index contributed by atoms with van der Waals surface area (Å²) in [5, 5.41) is 4.88. The van der Waals surface area contributed by atoms with E-state index in [0.29, 0.717) is 5.69 Å². The van der Waals surface area contributed by atoms with Gasteiger partial charge >= 0.3 is 0 Å². The average Bonchev–Trinajstić information content (AvgIpc) is 2.90. The molecule has 1 aliphatic rings. The van der Waals surface area contributed by atoms with E-state index in [2.05, 4.69) is 10.3 Å². The minimum atomic E-state index is -0.419. The molecule has 5 heteroatoms. The molecule has 4 nitrogen and oxygen atoms in total. The van der Waals surface area contributed by atoms with Crippen LogP contribution in [0, 0.1) is 5.92 Å². The third kappa shape index (κ3) is 2.21. The van der Waals surface area contributed by atoms with Gasteiger partial charge in [-0.3, -0.25) is 4.79 Å². The van der Waals surface area contributed by atoms with E-state index < -0.39 is 6.10 Å². The van der Waals surface area contributed by atoms with Crippen molar-refractivity contribution < 1.29 is 9.53 Å². The number of anilines is 1. The zero-order valence-corrected chi connectivity index (χ0v) is 11.5. The first-order valence-corrected chi connectivity index (χ1v) is 7.09. The summed E-state index contributed by atoms with van der Waals surface area (Å²) in [6.07, 6.45) is -0.419. The van der Waals surface area contributed by atoms with Crippen LogP contribution in [0.5, 0.6) is 5.75 Å². The minimum absolute atomic E-state index is 0.0853. The maximum absolute atomic E-state index is 11.9. The van der Waals surface area contributed by atoms with E-state index >= 15 is 0 Å². The Morgan fingerprint density at radius 2 is 2.26 bits per heavy atom. The van der Waals surface area contributed by atoms with Crippen LogP contribution in [0.4, 0.5) is 5.69 Å². The molecule has 0 saturated heterocycles. The molecule has 0 spiro atoms. The Kier molecular flexibility index (Phi) is 2.98. The number of fused-ring (bicyclic) bond motifs is 1. The van der Waals surface area contributed by atoms with E-state index in [1.165, 1.54) is 0 Å². The fourth-order valence-electron chi connectivity index (χ4n) is 2.08. The van der Waals surface area contributed by atoms with Crippen molar-refractivity contribution in [2.24, 2.45) is 5.92 Å². The second-order valence-electron chi connectivity index (χ2n) is 4.86. The molecule has 98 valence electrons. The van der Waals surface area contributed by atoms with Gasteiger partial charge in [-0.2, -0.15) is 0 Å². The van der Waals surface area contributed by atoms with Crippen LogP contribution in [0.1, 0.15) is 13.8 Å². The van der Waals surface area contributed by atoms with Gasteiger partial charge in [-0.25, -0.2) is 4.98 Å². The molecular weight excluding hydrogens is 260 g/mol. The number of carbonyl (C=O) groups excluding carboxylic acids is 1. The van der Waals surface area contributed by atoms with Gasteiger partial charge in [-0.05, 0) is 24.1 Å². The van der Waals surface area contributed by atoms with Gasteiger partial charge in [0.2, 0.25) is 0 Å². The molecule has 1 aromatic carbocycles. The van der Waals surface area contributed by atoms with E-state index in [1.807, 2.05) is 37.4 Å². The van der Waals surface area contributed by atoms with Crippen LogP contribution < -0.4 is 10.1 Å². The van der Waals surface area contributed by atoms with Crippen LogP contribution in [-0.2, 0) is 4.79 Å². The van der Waals surface area contributed by atoms with Crippen molar-refractivity contribution in [3.63, 3.8) is 0 Å². The lowest BCUT2D eigenvalue weighted by atomic mass is 10.0. The van der Waals surface area contributed by atoms with Crippen LogP contribution in [0.15, 0.2) is 29.1 Å². The van der Waals surface area contributed by atoms with E-state index in [4.69, 9.17) is 4.74 Å². The Balaban J connectivity index is 1.96. The molecule has 0 saturated carbocycles. The van der Waals surface area contributed by atoms with Gasteiger partial charge in [0, 0.05) is 10.9 Å². The zero-order valence-electron chi connectivity index (χ0n) is 10.7. The van der Waals surface area contributed by atoms with Gasteiger partial charge in [0.15, 0.2) is 6.10 Å². The fraction of sp³-hybridized carbons (Fsp3) is 0.286. The zero-order chi connectivity index (χ0) is 13.4. The maximum atomic E-state index is 11.9. The highest BCUT2D eigenvalue weighted by atomic mass is 32.1. The van der Waals surface area contributed by atoms with Crippen molar-refractivity contribution in [3.8, 4) is 17.0 Å². The Bertz CT molecular complexity index is 608. The number of ether oxygens (including phenoxy) is 1. The van der Waals surface area contributed by atoms with Gasteiger partial charge < -0.3 is 10.1 Å². The molecule has 2 aromatic rings. The molecule has 1 amide bonds. The predicted octanol–water partition coefficient (Wildman–Crippen LogP) is 3.17. The standard InChI is InChI=1S/C14H14N2O2S/c1-8(2)13-14(17)16-10-5-9(3-4-12(10)18-13)11-6-19-7-15-11/h3-8,13H,1-2H3,(H,16,17). The first kappa shape index (κ1) is 12.2. The number of hydrogen-bond acceptors (Lipinski definition) is 4. The molecule has 19 heavy (non-hydrogen) atoms. The first-order chi connectivity index (χ1) is 9.15. The van der Waals surface area contributed by atoms with E-state index in [-0.39, 0.29) is 11.8 Å². The van der Waals surface area contributed by atoms with Gasteiger partial charge in [-0.1, -0.05) is 13.8 Å². The fourth-order valence-corrected chi connectivity index (χ4v) is 2.64. The monoisotopic (exact) mass is 274 g/mol. The van der Waals surface area contributed by atoms with Crippen molar-refractivity contribution in [3.05, 3.63) is 29.1 Å². The van der Waals surface area contributed by atoms with Crippen molar-refractivity contribution >= 4 is 22.9 Å². The normalized spacial score (nSPS) is 17.8. The summed E-state index contributed by atoms with van der Waals surface area (Å²) >= 11 is 1.55. The lowest BCUT2D eigenvalue weighted by Gasteiger charge is -2.28. The Morgan fingerprint density at radius 1 is 1.42 bits per heavy atom. The maximum Gasteiger partial charge on any atom is 0.265 e. The minimum Gasteiger partial charge on any atom is -0.478 e. The molecule has 0 fully saturated rings. The van der Waals surface area contributed by atoms with E-state index in [0.717, 1.165) is 17.0 Å². The van der Waals surface area contributed by atoms with Crippen molar-refractivity contribution in [2.75, 3.05) is 5.32 Å². The first-order valence-electron chi connectivity index (χ1n) is 6.15. The summed E-state index contributed by atoms with van der Waals surface area (Å²) in [4.78, 5) is 16.2. The summed E-state index contributed by atoms with van der Waals surface area (Å²) in [6.45, 7) is 3.94. The molecule has 1 N–H and O–H groups in total. The average molecular weight is 274 g/mol. The van der Waals surface area contributed by atoms with Crippen molar-refractivity contribution in [1.29, 1.82) is 0 Å². The molecule has 0 bridgehead atoms. The molecule has 1 unspecified atom stereocenters. The largest absolute Gasteiger partial charge is 0.478 e. The quantitative estimate of drug-likeness (QED) is 0.915. The summed E-state index contributed by atoms with van der Waals surface area (Å²) in [6, 6.07) is 5.75. The summed E-state index contributed by atoms with van der Waals surface area (Å²) in [7, 11) is 0. The van der Waals surface area contributed by atoms with Crippen LogP contribution in [0.2, 0.25) is 0 Å².